The van der Waals surface area contributed by atoms with Crippen molar-refractivity contribution in [3.05, 3.63) is 116 Å². The molecule has 2 aromatic carbocycles. The van der Waals surface area contributed by atoms with Gasteiger partial charge in [0.1, 0.15) is 24.7 Å². The maximum Gasteiger partial charge on any atom is 0.249 e. The Morgan fingerprint density at radius 3 is 1.35 bits per heavy atom. The van der Waals surface area contributed by atoms with Gasteiger partial charge in [0, 0.05) is 108 Å². The molecule has 0 amide bonds. The Bertz CT molecular complexity index is 2420. The van der Waals surface area contributed by atoms with Gasteiger partial charge in [0.25, 0.3) is 0 Å². The van der Waals surface area contributed by atoms with Gasteiger partial charge in [0.05, 0.1) is 22.2 Å². The normalized spacial score (nSPS) is 28.6. The summed E-state index contributed by atoms with van der Waals surface area (Å²) < 4.78 is 67.1. The zero-order valence-electron chi connectivity index (χ0n) is 34.3. The number of ketones is 2. The van der Waals surface area contributed by atoms with Crippen LogP contribution >= 0.6 is 0 Å². The topological polar surface area (TPSA) is 110 Å². The largest absolute Gasteiger partial charge is 0.492 e. The lowest BCUT2D eigenvalue weighted by atomic mass is 9.57. The number of hydrogen-bond acceptors (Lipinski definition) is 6. The minimum Gasteiger partial charge on any atom is -0.492 e. The monoisotopic (exact) mass is 820 g/mol. The molecule has 60 heavy (non-hydrogen) atoms. The number of aromatic nitrogens is 4. The molecule has 2 N–H and O–H groups in total. The average Bonchev–Trinajstić information content (AvgIpc) is 3.93. The second kappa shape index (κ2) is 12.3. The van der Waals surface area contributed by atoms with Crippen LogP contribution in [0.25, 0.3) is 0 Å². The van der Waals surface area contributed by atoms with Crippen LogP contribution in [0.1, 0.15) is 136 Å². The third-order valence-electron chi connectivity index (χ3n) is 14.7. The second-order valence-electron chi connectivity index (χ2n) is 20.4. The number of Topliss-reactive ketones (excluding diaryl/α,β-unsaturated/α-hetero) is 2. The van der Waals surface area contributed by atoms with Crippen molar-refractivity contribution in [2.24, 2.45) is 10.8 Å². The minimum absolute atomic E-state index is 0.0908. The molecule has 0 saturated heterocycles. The van der Waals surface area contributed by atoms with Crippen molar-refractivity contribution in [2.45, 2.75) is 126 Å². The number of para-hydroxylation sites is 2. The maximum absolute atomic E-state index is 13.7. The number of carbonyl (C=O) groups is 2. The lowest BCUT2D eigenvalue weighted by Crippen LogP contribution is -2.45. The molecule has 12 heteroatoms. The summed E-state index contributed by atoms with van der Waals surface area (Å²) in [5.41, 5.74) is 9.28. The van der Waals surface area contributed by atoms with E-state index in [2.05, 4.69) is 48.1 Å². The number of halogens is 4. The Balaban J connectivity index is 0.000000136. The Labute approximate surface area is 345 Å². The minimum atomic E-state index is -2.63. The Morgan fingerprint density at radius 1 is 0.583 bits per heavy atom. The van der Waals surface area contributed by atoms with Gasteiger partial charge in [-0.25, -0.2) is 17.6 Å². The smallest absolute Gasteiger partial charge is 0.249 e. The molecule has 4 aromatic rings. The summed E-state index contributed by atoms with van der Waals surface area (Å²) >= 11 is 0. The highest BCUT2D eigenvalue weighted by atomic mass is 19.3. The Morgan fingerprint density at radius 2 is 0.967 bits per heavy atom. The summed E-state index contributed by atoms with van der Waals surface area (Å²) in [7, 11) is 0. The number of allylic oxidation sites excluding steroid dienone is 2. The van der Waals surface area contributed by atoms with Gasteiger partial charge < -0.3 is 9.47 Å². The summed E-state index contributed by atoms with van der Waals surface area (Å²) in [6.07, 6.45) is 3.16. The lowest BCUT2D eigenvalue weighted by molar-refractivity contribution is -0.119. The van der Waals surface area contributed by atoms with Crippen LogP contribution in [0.2, 0.25) is 0 Å². The predicted molar refractivity (Wildman–Crippen MR) is 214 cm³/mol. The van der Waals surface area contributed by atoms with E-state index >= 15 is 0 Å². The summed E-state index contributed by atoms with van der Waals surface area (Å²) in [6.45, 7) is 9.16. The van der Waals surface area contributed by atoms with E-state index in [4.69, 9.17) is 9.47 Å². The number of hydrogen-bond donors (Lipinski definition) is 2. The number of alkyl halides is 4. The molecule has 8 aliphatic rings. The molecule has 2 fully saturated rings. The van der Waals surface area contributed by atoms with Crippen LogP contribution in [0.15, 0.2) is 70.8 Å². The summed E-state index contributed by atoms with van der Waals surface area (Å²) in [5.74, 6) is -4.00. The van der Waals surface area contributed by atoms with Crippen molar-refractivity contribution in [2.75, 3.05) is 13.2 Å². The van der Waals surface area contributed by atoms with E-state index in [0.29, 0.717) is 50.3 Å². The Kier molecular flexibility index (Phi) is 7.79. The summed E-state index contributed by atoms with van der Waals surface area (Å²) in [5, 5.41) is 15.4. The molecule has 2 saturated carbocycles. The maximum atomic E-state index is 13.7. The first kappa shape index (κ1) is 38.0. The van der Waals surface area contributed by atoms with Crippen molar-refractivity contribution in [3.8, 4) is 11.5 Å². The number of carbonyl (C=O) groups excluding carboxylic acids is 2. The molecular weight excluding hydrogens is 773 g/mol. The molecule has 4 heterocycles. The number of nitrogens with zero attached hydrogens (tertiary/aromatic N) is 2. The number of rotatable bonds is 2. The van der Waals surface area contributed by atoms with Gasteiger partial charge >= 0.3 is 0 Å². The van der Waals surface area contributed by atoms with Crippen LogP contribution in [0.5, 0.6) is 11.5 Å². The van der Waals surface area contributed by atoms with E-state index in [0.717, 1.165) is 80.3 Å². The van der Waals surface area contributed by atoms with Crippen molar-refractivity contribution in [1.82, 2.24) is 20.4 Å². The Hall–Kier alpha value is -5.00. The van der Waals surface area contributed by atoms with Crippen molar-refractivity contribution in [3.63, 3.8) is 0 Å². The van der Waals surface area contributed by atoms with Gasteiger partial charge in [-0.15, -0.1) is 0 Å². The summed E-state index contributed by atoms with van der Waals surface area (Å²) in [4.78, 5) is 27.1. The van der Waals surface area contributed by atoms with Gasteiger partial charge in [-0.3, -0.25) is 19.8 Å². The zero-order valence-corrected chi connectivity index (χ0v) is 34.3. The molecule has 0 radical (unpaired) electrons. The number of ether oxygens (including phenoxy) is 2. The highest BCUT2D eigenvalue weighted by molar-refractivity contribution is 6.03. The number of benzene rings is 2. The van der Waals surface area contributed by atoms with Crippen molar-refractivity contribution in [1.29, 1.82) is 0 Å². The SMILES string of the molecule is CC1(C)CC(=O)C2=C(Cc3[nH]nc(C4CC(F)(F)C4)c3[C@@]23COc2ccccc23)C1.CC1(C)CC(=O)C2=C(Cc3[nH]nc(C4CC(F)(F)C4)c3[C@]23COc2ccccc23)C1. The first-order valence-corrected chi connectivity index (χ1v) is 21.3. The highest BCUT2D eigenvalue weighted by Gasteiger charge is 2.60. The fourth-order valence-corrected chi connectivity index (χ4v) is 12.5. The number of nitrogens with one attached hydrogen (secondary N) is 2. The van der Waals surface area contributed by atoms with E-state index in [1.54, 1.807) is 0 Å². The molecule has 12 rings (SSSR count). The van der Waals surface area contributed by atoms with Crippen LogP contribution in [0.4, 0.5) is 17.6 Å². The molecule has 6 aliphatic carbocycles. The molecule has 312 valence electrons. The second-order valence-corrected chi connectivity index (χ2v) is 20.4. The van der Waals surface area contributed by atoms with Crippen LogP contribution in [-0.4, -0.2) is 57.0 Å². The molecule has 8 nitrogen and oxygen atoms in total. The van der Waals surface area contributed by atoms with Crippen molar-refractivity contribution >= 4 is 11.6 Å². The van der Waals surface area contributed by atoms with Crippen LogP contribution in [-0.2, 0) is 33.3 Å². The molecule has 2 atom stereocenters. The first-order chi connectivity index (χ1) is 28.4. The van der Waals surface area contributed by atoms with Crippen molar-refractivity contribution < 1.29 is 36.6 Å². The standard InChI is InChI=1S/2C24H24F2N2O2/c2*1-22(2)8-13-7-16-20(21(28-27-16)14-9-23(25,26)10-14)24(19(13)17(29)11-22)12-30-18-6-4-3-5-15(18)24/h2*3-6,14H,7-12H2,1-2H3,(H,27,28)/t2*24-/m10/s1. The van der Waals surface area contributed by atoms with Gasteiger partial charge in [0.2, 0.25) is 11.8 Å². The van der Waals surface area contributed by atoms with Gasteiger partial charge in [0.15, 0.2) is 11.6 Å². The number of aromatic amines is 2. The average molecular weight is 821 g/mol. The van der Waals surface area contributed by atoms with E-state index in [1.165, 1.54) is 0 Å². The molecule has 0 bridgehead atoms. The molecule has 0 unspecified atom stereocenters. The van der Waals surface area contributed by atoms with Gasteiger partial charge in [-0.2, -0.15) is 10.2 Å². The number of H-pyrrole nitrogens is 2. The van der Waals surface area contributed by atoms with E-state index in [9.17, 15) is 27.2 Å². The molecule has 2 aliphatic heterocycles. The first-order valence-electron chi connectivity index (χ1n) is 21.3. The third-order valence-corrected chi connectivity index (χ3v) is 14.7. The lowest BCUT2D eigenvalue weighted by Gasteiger charge is -2.44. The fourth-order valence-electron chi connectivity index (χ4n) is 12.5. The summed E-state index contributed by atoms with van der Waals surface area (Å²) in [6, 6.07) is 15.6. The molecule has 2 spiro atoms. The van der Waals surface area contributed by atoms with Crippen LogP contribution < -0.4 is 9.47 Å². The highest BCUT2D eigenvalue weighted by Crippen LogP contribution is 2.62. The van der Waals surface area contributed by atoms with E-state index in [-0.39, 0.29) is 59.9 Å². The quantitative estimate of drug-likeness (QED) is 0.195. The predicted octanol–water partition coefficient (Wildman–Crippen LogP) is 9.69. The van der Waals surface area contributed by atoms with E-state index < -0.39 is 22.7 Å². The third kappa shape index (κ3) is 5.39. The number of fused-ring (bicyclic) bond motifs is 10. The fraction of sp³-hybridized carbons (Fsp3) is 0.500. The van der Waals surface area contributed by atoms with Crippen LogP contribution in [0, 0.1) is 10.8 Å². The van der Waals surface area contributed by atoms with Gasteiger partial charge in [-0.1, -0.05) is 75.2 Å². The molecule has 2 aromatic heterocycles. The zero-order chi connectivity index (χ0) is 41.8. The molecular formula is C48H48F4N4O4. The van der Waals surface area contributed by atoms with Gasteiger partial charge in [-0.05, 0) is 35.8 Å². The van der Waals surface area contributed by atoms with Crippen LogP contribution in [0.3, 0.4) is 0 Å². The van der Waals surface area contributed by atoms with E-state index in [1.807, 2.05) is 48.5 Å².